The van der Waals surface area contributed by atoms with Crippen LogP contribution in [0.5, 0.6) is 0 Å². The molecule has 2 aromatic rings. The summed E-state index contributed by atoms with van der Waals surface area (Å²) < 4.78 is 5.98. The van der Waals surface area contributed by atoms with Gasteiger partial charge < -0.3 is 20.1 Å². The number of urea groups is 1. The summed E-state index contributed by atoms with van der Waals surface area (Å²) in [5.41, 5.74) is 0.667. The van der Waals surface area contributed by atoms with Crippen molar-refractivity contribution in [2.24, 2.45) is 0 Å². The summed E-state index contributed by atoms with van der Waals surface area (Å²) in [7, 11) is 0. The minimum Gasteiger partial charge on any atom is -0.462 e. The first-order valence-corrected chi connectivity index (χ1v) is 8.83. The fourth-order valence-electron chi connectivity index (χ4n) is 2.77. The van der Waals surface area contributed by atoms with Crippen LogP contribution in [0.1, 0.15) is 29.4 Å². The minimum absolute atomic E-state index is 0.214. The first-order chi connectivity index (χ1) is 11.6. The molecule has 24 heavy (non-hydrogen) atoms. The predicted octanol–water partition coefficient (Wildman–Crippen LogP) is 3.07. The summed E-state index contributed by atoms with van der Waals surface area (Å²) in [6.45, 7) is 3.13. The number of β-amino-alcohol motifs (C(OH)–C–C–N with tert-alkyl or cyclic N) is 1. The number of carbonyl (C=O) groups excluding carboxylic acids is 2. The van der Waals surface area contributed by atoms with Crippen LogP contribution < -0.4 is 5.32 Å². The monoisotopic (exact) mass is 348 g/mol. The van der Waals surface area contributed by atoms with Gasteiger partial charge in [0.05, 0.1) is 12.7 Å². The van der Waals surface area contributed by atoms with Gasteiger partial charge in [-0.15, -0.1) is 11.3 Å². The van der Waals surface area contributed by atoms with E-state index in [1.165, 1.54) is 11.3 Å². The van der Waals surface area contributed by atoms with E-state index in [0.29, 0.717) is 30.3 Å². The molecule has 0 saturated carbocycles. The standard InChI is InChI=1S/C17H20N2O4S/c1-2-23-16(21)15-9-11-8-12(5-6-14(11)24-15)18-17(22)19-7-3-4-13(20)10-19/h5-6,8-9,13,20H,2-4,7,10H2,1H3,(H,18,22)/t13-/m1/s1. The largest absolute Gasteiger partial charge is 0.462 e. The fraction of sp³-hybridized carbons (Fsp3) is 0.412. The number of hydrogen-bond acceptors (Lipinski definition) is 5. The lowest BCUT2D eigenvalue weighted by Crippen LogP contribution is -2.44. The number of amides is 2. The summed E-state index contributed by atoms with van der Waals surface area (Å²) in [4.78, 5) is 26.3. The van der Waals surface area contributed by atoms with Gasteiger partial charge in [-0.1, -0.05) is 0 Å². The van der Waals surface area contributed by atoms with Gasteiger partial charge in [0.1, 0.15) is 4.88 Å². The van der Waals surface area contributed by atoms with E-state index in [1.54, 1.807) is 17.9 Å². The molecular weight excluding hydrogens is 328 g/mol. The number of nitrogens with zero attached hydrogens (tertiary/aromatic N) is 1. The highest BCUT2D eigenvalue weighted by Gasteiger charge is 2.22. The Morgan fingerprint density at radius 1 is 1.42 bits per heavy atom. The molecule has 1 aromatic carbocycles. The van der Waals surface area contributed by atoms with E-state index in [0.717, 1.165) is 22.9 Å². The topological polar surface area (TPSA) is 78.9 Å². The van der Waals surface area contributed by atoms with Gasteiger partial charge in [-0.05, 0) is 49.4 Å². The molecule has 1 aromatic heterocycles. The number of aliphatic hydroxyl groups is 1. The van der Waals surface area contributed by atoms with Crippen LogP contribution in [-0.4, -0.2) is 47.8 Å². The van der Waals surface area contributed by atoms with Crippen molar-refractivity contribution in [2.45, 2.75) is 25.9 Å². The Morgan fingerprint density at radius 3 is 3.00 bits per heavy atom. The van der Waals surface area contributed by atoms with Crippen molar-refractivity contribution in [3.05, 3.63) is 29.1 Å². The van der Waals surface area contributed by atoms with Gasteiger partial charge in [-0.3, -0.25) is 0 Å². The fourth-order valence-corrected chi connectivity index (χ4v) is 3.70. The average Bonchev–Trinajstić information content (AvgIpc) is 2.98. The first kappa shape index (κ1) is 16.7. The molecule has 2 heterocycles. The molecule has 128 valence electrons. The van der Waals surface area contributed by atoms with Crippen LogP contribution in [0.15, 0.2) is 24.3 Å². The first-order valence-electron chi connectivity index (χ1n) is 8.01. The summed E-state index contributed by atoms with van der Waals surface area (Å²) in [5.74, 6) is -0.327. The second-order valence-corrected chi connectivity index (χ2v) is 6.84. The van der Waals surface area contributed by atoms with Crippen LogP contribution in [0.2, 0.25) is 0 Å². The molecule has 3 rings (SSSR count). The number of nitrogens with one attached hydrogen (secondary N) is 1. The number of carbonyl (C=O) groups is 2. The molecule has 1 aliphatic heterocycles. The van der Waals surface area contributed by atoms with Crippen molar-refractivity contribution in [3.63, 3.8) is 0 Å². The van der Waals surface area contributed by atoms with Gasteiger partial charge in [0.2, 0.25) is 0 Å². The number of piperidine rings is 1. The lowest BCUT2D eigenvalue weighted by atomic mass is 10.1. The van der Waals surface area contributed by atoms with Gasteiger partial charge >= 0.3 is 12.0 Å². The molecule has 0 radical (unpaired) electrons. The number of likely N-dealkylation sites (tertiary alicyclic amines) is 1. The van der Waals surface area contributed by atoms with Crippen molar-refractivity contribution in [2.75, 3.05) is 25.0 Å². The number of thiophene rings is 1. The maximum atomic E-state index is 12.3. The highest BCUT2D eigenvalue weighted by molar-refractivity contribution is 7.20. The molecular formula is C17H20N2O4S. The SMILES string of the molecule is CCOC(=O)c1cc2cc(NC(=O)N3CCC[C@@H](O)C3)ccc2s1. The second-order valence-electron chi connectivity index (χ2n) is 5.76. The van der Waals surface area contributed by atoms with Gasteiger partial charge in [0.15, 0.2) is 0 Å². The van der Waals surface area contributed by atoms with Crippen LogP contribution in [0.25, 0.3) is 10.1 Å². The summed E-state index contributed by atoms with van der Waals surface area (Å²) >= 11 is 1.37. The van der Waals surface area contributed by atoms with E-state index in [4.69, 9.17) is 4.74 Å². The summed E-state index contributed by atoms with van der Waals surface area (Å²) in [6.07, 6.45) is 1.10. The van der Waals surface area contributed by atoms with Crippen LogP contribution in [0.4, 0.5) is 10.5 Å². The lowest BCUT2D eigenvalue weighted by molar-refractivity contribution is 0.0532. The number of esters is 1. The van der Waals surface area contributed by atoms with E-state index in [-0.39, 0.29) is 12.0 Å². The molecule has 1 aliphatic rings. The molecule has 1 atom stereocenters. The smallest absolute Gasteiger partial charge is 0.348 e. The number of ether oxygens (including phenoxy) is 1. The Morgan fingerprint density at radius 2 is 2.25 bits per heavy atom. The summed E-state index contributed by atoms with van der Waals surface area (Å²) in [6, 6.07) is 7.09. The zero-order valence-electron chi connectivity index (χ0n) is 13.4. The third kappa shape index (κ3) is 3.68. The van der Waals surface area contributed by atoms with Crippen molar-refractivity contribution < 1.29 is 19.4 Å². The zero-order chi connectivity index (χ0) is 17.1. The van der Waals surface area contributed by atoms with Crippen molar-refractivity contribution >= 4 is 39.1 Å². The molecule has 7 heteroatoms. The normalized spacial score (nSPS) is 17.8. The Hall–Kier alpha value is -2.12. The second kappa shape index (κ2) is 7.19. The van der Waals surface area contributed by atoms with Crippen LogP contribution in [0, 0.1) is 0 Å². The van der Waals surface area contributed by atoms with Crippen LogP contribution >= 0.6 is 11.3 Å². The maximum Gasteiger partial charge on any atom is 0.348 e. The van der Waals surface area contributed by atoms with Crippen molar-refractivity contribution in [3.8, 4) is 0 Å². The highest BCUT2D eigenvalue weighted by atomic mass is 32.1. The van der Waals surface area contributed by atoms with Crippen LogP contribution in [-0.2, 0) is 4.74 Å². The van der Waals surface area contributed by atoms with Gasteiger partial charge in [0, 0.05) is 23.5 Å². The number of anilines is 1. The molecule has 1 fully saturated rings. The van der Waals surface area contributed by atoms with Crippen molar-refractivity contribution in [1.82, 2.24) is 4.90 Å². The predicted molar refractivity (Wildman–Crippen MR) is 93.6 cm³/mol. The lowest BCUT2D eigenvalue weighted by Gasteiger charge is -2.30. The number of fused-ring (bicyclic) bond motifs is 1. The van der Waals surface area contributed by atoms with E-state index in [1.807, 2.05) is 18.2 Å². The highest BCUT2D eigenvalue weighted by Crippen LogP contribution is 2.29. The third-order valence-corrected chi connectivity index (χ3v) is 5.02. The maximum absolute atomic E-state index is 12.3. The Bertz CT molecular complexity index is 758. The molecule has 0 spiro atoms. The van der Waals surface area contributed by atoms with Crippen LogP contribution in [0.3, 0.4) is 0 Å². The molecule has 1 saturated heterocycles. The Labute approximate surface area is 144 Å². The minimum atomic E-state index is -0.448. The molecule has 0 unspecified atom stereocenters. The summed E-state index contributed by atoms with van der Waals surface area (Å²) in [5, 5.41) is 13.4. The molecule has 0 aliphatic carbocycles. The van der Waals surface area contributed by atoms with Gasteiger partial charge in [-0.2, -0.15) is 0 Å². The number of hydrogen-bond donors (Lipinski definition) is 2. The number of aliphatic hydroxyl groups excluding tert-OH is 1. The molecule has 0 bridgehead atoms. The van der Waals surface area contributed by atoms with E-state index in [2.05, 4.69) is 5.32 Å². The Kier molecular flexibility index (Phi) is 5.01. The zero-order valence-corrected chi connectivity index (χ0v) is 14.3. The van der Waals surface area contributed by atoms with Gasteiger partial charge in [0.25, 0.3) is 0 Å². The molecule has 6 nitrogen and oxygen atoms in total. The quantitative estimate of drug-likeness (QED) is 0.836. The third-order valence-electron chi connectivity index (χ3n) is 3.93. The van der Waals surface area contributed by atoms with E-state index in [9.17, 15) is 14.7 Å². The van der Waals surface area contributed by atoms with E-state index >= 15 is 0 Å². The molecule has 2 N–H and O–H groups in total. The molecule has 2 amide bonds. The average molecular weight is 348 g/mol. The Balaban J connectivity index is 1.73. The number of benzene rings is 1. The van der Waals surface area contributed by atoms with Crippen molar-refractivity contribution in [1.29, 1.82) is 0 Å². The van der Waals surface area contributed by atoms with Gasteiger partial charge in [-0.25, -0.2) is 9.59 Å². The number of rotatable bonds is 3. The van der Waals surface area contributed by atoms with E-state index < -0.39 is 6.10 Å².